The molecular weight excluding hydrogens is 202 g/mol. The first kappa shape index (κ1) is 10.7. The van der Waals surface area contributed by atoms with E-state index in [1.807, 2.05) is 38.1 Å². The minimum absolute atomic E-state index is 0.0218. The zero-order valence-electron chi connectivity index (χ0n) is 9.73. The summed E-state index contributed by atoms with van der Waals surface area (Å²) < 4.78 is 7.16. The fourth-order valence-corrected chi connectivity index (χ4v) is 1.67. The molecular formula is C13H15NO2. The summed E-state index contributed by atoms with van der Waals surface area (Å²) in [6.45, 7) is 3.96. The molecule has 16 heavy (non-hydrogen) atoms. The number of hydrogen-bond donors (Lipinski definition) is 0. The van der Waals surface area contributed by atoms with Crippen molar-refractivity contribution in [3.63, 3.8) is 0 Å². The molecule has 0 aliphatic heterocycles. The van der Waals surface area contributed by atoms with Crippen LogP contribution in [0.15, 0.2) is 35.3 Å². The maximum Gasteiger partial charge on any atom is 0.258 e. The molecule has 0 saturated heterocycles. The van der Waals surface area contributed by atoms with E-state index < -0.39 is 0 Å². The van der Waals surface area contributed by atoms with Crippen LogP contribution in [0.25, 0.3) is 10.8 Å². The first-order chi connectivity index (χ1) is 7.58. The van der Waals surface area contributed by atoms with Crippen LogP contribution in [0.3, 0.4) is 0 Å². The van der Waals surface area contributed by atoms with E-state index in [9.17, 15) is 4.79 Å². The summed E-state index contributed by atoms with van der Waals surface area (Å²) in [5, 5.41) is 1.64. The lowest BCUT2D eigenvalue weighted by Crippen LogP contribution is -2.15. The molecule has 1 heterocycles. The molecule has 0 fully saturated rings. The summed E-state index contributed by atoms with van der Waals surface area (Å²) >= 11 is 0. The van der Waals surface area contributed by atoms with E-state index in [0.717, 1.165) is 16.5 Å². The number of aromatic nitrogens is 1. The third-order valence-corrected chi connectivity index (χ3v) is 2.42. The maximum absolute atomic E-state index is 11.8. The molecule has 1 aromatic heterocycles. The van der Waals surface area contributed by atoms with Crippen LogP contribution < -0.4 is 10.3 Å². The quantitative estimate of drug-likeness (QED) is 0.773. The molecule has 0 bridgehead atoms. The number of ether oxygens (including phenoxy) is 1. The Kier molecular flexibility index (Phi) is 2.69. The second kappa shape index (κ2) is 4.00. The summed E-state index contributed by atoms with van der Waals surface area (Å²) in [6.07, 6.45) is 1.91. The molecule has 0 spiro atoms. The molecule has 0 radical (unpaired) electrons. The zero-order valence-corrected chi connectivity index (χ0v) is 9.73. The van der Waals surface area contributed by atoms with E-state index in [0.29, 0.717) is 0 Å². The average Bonchev–Trinajstić information content (AvgIpc) is 2.23. The van der Waals surface area contributed by atoms with Gasteiger partial charge in [0.25, 0.3) is 5.56 Å². The van der Waals surface area contributed by atoms with Gasteiger partial charge in [0.2, 0.25) is 0 Å². The van der Waals surface area contributed by atoms with E-state index in [4.69, 9.17) is 4.74 Å². The van der Waals surface area contributed by atoms with Crippen LogP contribution in [0.2, 0.25) is 0 Å². The zero-order chi connectivity index (χ0) is 11.7. The Labute approximate surface area is 94.3 Å². The highest BCUT2D eigenvalue weighted by Crippen LogP contribution is 2.19. The number of pyridine rings is 1. The first-order valence-electron chi connectivity index (χ1n) is 5.34. The number of fused-ring (bicyclic) bond motifs is 1. The highest BCUT2D eigenvalue weighted by molar-refractivity contribution is 5.82. The first-order valence-corrected chi connectivity index (χ1v) is 5.34. The van der Waals surface area contributed by atoms with Crippen molar-refractivity contribution < 1.29 is 4.74 Å². The van der Waals surface area contributed by atoms with Gasteiger partial charge in [0.05, 0.1) is 6.10 Å². The Morgan fingerprint density at radius 3 is 2.69 bits per heavy atom. The minimum Gasteiger partial charge on any atom is -0.491 e. The Morgan fingerprint density at radius 1 is 1.25 bits per heavy atom. The molecule has 2 aromatic rings. The average molecular weight is 217 g/mol. The fourth-order valence-electron chi connectivity index (χ4n) is 1.67. The minimum atomic E-state index is 0.0218. The maximum atomic E-state index is 11.8. The topological polar surface area (TPSA) is 31.2 Å². The van der Waals surface area contributed by atoms with Gasteiger partial charge in [-0.3, -0.25) is 4.79 Å². The Hall–Kier alpha value is -1.77. The summed E-state index contributed by atoms with van der Waals surface area (Å²) in [6, 6.07) is 7.47. The van der Waals surface area contributed by atoms with Gasteiger partial charge in [-0.25, -0.2) is 0 Å². The number of benzene rings is 1. The molecule has 0 N–H and O–H groups in total. The van der Waals surface area contributed by atoms with Crippen molar-refractivity contribution in [2.45, 2.75) is 20.0 Å². The van der Waals surface area contributed by atoms with Crippen LogP contribution in [0, 0.1) is 0 Å². The molecule has 2 rings (SSSR count). The second-order valence-electron chi connectivity index (χ2n) is 4.15. The van der Waals surface area contributed by atoms with Crippen LogP contribution >= 0.6 is 0 Å². The SMILES string of the molecule is CC(C)Oc1ccc2c(=O)n(C)ccc2c1. The van der Waals surface area contributed by atoms with Gasteiger partial charge in [-0.2, -0.15) is 0 Å². The van der Waals surface area contributed by atoms with Crippen molar-refractivity contribution in [3.05, 3.63) is 40.8 Å². The number of nitrogens with zero attached hydrogens (tertiary/aromatic N) is 1. The van der Waals surface area contributed by atoms with E-state index in [1.54, 1.807) is 17.8 Å². The van der Waals surface area contributed by atoms with Crippen LogP contribution in [-0.2, 0) is 7.05 Å². The molecule has 3 nitrogen and oxygen atoms in total. The molecule has 0 aliphatic carbocycles. The van der Waals surface area contributed by atoms with Crippen LogP contribution in [0.4, 0.5) is 0 Å². The van der Waals surface area contributed by atoms with Gasteiger partial charge in [-0.15, -0.1) is 0 Å². The Balaban J connectivity index is 2.56. The predicted octanol–water partition coefficient (Wildman–Crippen LogP) is 2.33. The van der Waals surface area contributed by atoms with E-state index in [2.05, 4.69) is 0 Å². The number of hydrogen-bond acceptors (Lipinski definition) is 2. The molecule has 0 saturated carbocycles. The predicted molar refractivity (Wildman–Crippen MR) is 65.0 cm³/mol. The van der Waals surface area contributed by atoms with Gasteiger partial charge >= 0.3 is 0 Å². The van der Waals surface area contributed by atoms with Crippen molar-refractivity contribution in [2.75, 3.05) is 0 Å². The van der Waals surface area contributed by atoms with Crippen molar-refractivity contribution >= 4 is 10.8 Å². The van der Waals surface area contributed by atoms with Crippen molar-refractivity contribution in [3.8, 4) is 5.75 Å². The highest BCUT2D eigenvalue weighted by atomic mass is 16.5. The molecule has 0 atom stereocenters. The Bertz CT molecular complexity index is 570. The lowest BCUT2D eigenvalue weighted by atomic mass is 10.1. The molecule has 0 aliphatic rings. The smallest absolute Gasteiger partial charge is 0.258 e. The van der Waals surface area contributed by atoms with Crippen LogP contribution in [0.5, 0.6) is 5.75 Å². The van der Waals surface area contributed by atoms with E-state index in [1.165, 1.54) is 0 Å². The normalized spacial score (nSPS) is 11.0. The van der Waals surface area contributed by atoms with Gasteiger partial charge in [0.15, 0.2) is 0 Å². The lowest BCUT2D eigenvalue weighted by Gasteiger charge is -2.10. The second-order valence-corrected chi connectivity index (χ2v) is 4.15. The van der Waals surface area contributed by atoms with Crippen molar-refractivity contribution in [2.24, 2.45) is 7.05 Å². The van der Waals surface area contributed by atoms with Gasteiger partial charge in [-0.05, 0) is 43.5 Å². The van der Waals surface area contributed by atoms with Gasteiger partial charge in [-0.1, -0.05) is 0 Å². The molecule has 0 unspecified atom stereocenters. The van der Waals surface area contributed by atoms with Gasteiger partial charge < -0.3 is 9.30 Å². The summed E-state index contributed by atoms with van der Waals surface area (Å²) in [5.74, 6) is 0.802. The monoisotopic (exact) mass is 217 g/mol. The summed E-state index contributed by atoms with van der Waals surface area (Å²) in [5.41, 5.74) is 0.0218. The van der Waals surface area contributed by atoms with Crippen molar-refractivity contribution in [1.82, 2.24) is 4.57 Å². The molecule has 3 heteroatoms. The number of rotatable bonds is 2. The van der Waals surface area contributed by atoms with Crippen LogP contribution in [-0.4, -0.2) is 10.7 Å². The fraction of sp³-hybridized carbons (Fsp3) is 0.308. The third-order valence-electron chi connectivity index (χ3n) is 2.42. The van der Waals surface area contributed by atoms with Crippen molar-refractivity contribution in [1.29, 1.82) is 0 Å². The third kappa shape index (κ3) is 1.94. The number of aryl methyl sites for hydroxylation is 1. The lowest BCUT2D eigenvalue weighted by molar-refractivity contribution is 0.243. The largest absolute Gasteiger partial charge is 0.491 e. The van der Waals surface area contributed by atoms with E-state index in [-0.39, 0.29) is 11.7 Å². The van der Waals surface area contributed by atoms with Crippen LogP contribution in [0.1, 0.15) is 13.8 Å². The highest BCUT2D eigenvalue weighted by Gasteiger charge is 2.03. The molecule has 84 valence electrons. The molecule has 0 amide bonds. The standard InChI is InChI=1S/C13H15NO2/c1-9(2)16-11-4-5-12-10(8-11)6-7-14(3)13(12)15/h4-9H,1-3H3. The summed E-state index contributed by atoms with van der Waals surface area (Å²) in [7, 11) is 1.75. The summed E-state index contributed by atoms with van der Waals surface area (Å²) in [4.78, 5) is 11.8. The van der Waals surface area contributed by atoms with E-state index >= 15 is 0 Å². The van der Waals surface area contributed by atoms with Gasteiger partial charge in [0.1, 0.15) is 5.75 Å². The molecule has 1 aromatic carbocycles. The Morgan fingerprint density at radius 2 is 2.00 bits per heavy atom. The van der Waals surface area contributed by atoms with Gasteiger partial charge in [0, 0.05) is 18.6 Å².